The van der Waals surface area contributed by atoms with E-state index in [1.54, 1.807) is 6.07 Å². The highest BCUT2D eigenvalue weighted by Crippen LogP contribution is 2.49. The van der Waals surface area contributed by atoms with Crippen molar-refractivity contribution >= 4 is 64.6 Å². The number of benzene rings is 9. The van der Waals surface area contributed by atoms with Crippen LogP contribution >= 0.6 is 0 Å². The molecular weight excluding hydrogens is 643 g/mol. The number of hydrogen-bond acceptors (Lipinski definition) is 1. The second kappa shape index (κ2) is 10.8. The summed E-state index contributed by atoms with van der Waals surface area (Å²) in [4.78, 5) is 3.75. The number of nitrogens with zero attached hydrogens (tertiary/aromatic N) is 1. The van der Waals surface area contributed by atoms with E-state index in [2.05, 4.69) is 89.9 Å². The molecule has 0 saturated heterocycles. The van der Waals surface area contributed by atoms with Crippen LogP contribution in [0.4, 0.5) is 17.6 Å². The van der Waals surface area contributed by atoms with Crippen LogP contribution in [0.15, 0.2) is 152 Å². The SMILES string of the molecule is Fc1ccc(-c2c3ccccc3c(-c3ccc4ccc5c(-c6ccc(C(F)(F)F)nc6)ccc6ccc3c4c65)c3ccccc23)c2ccccc12. The van der Waals surface area contributed by atoms with Gasteiger partial charge in [0.2, 0.25) is 0 Å². The van der Waals surface area contributed by atoms with Crippen LogP contribution in [0.1, 0.15) is 5.69 Å². The van der Waals surface area contributed by atoms with Crippen molar-refractivity contribution in [3.63, 3.8) is 0 Å². The maximum absolute atomic E-state index is 15.1. The summed E-state index contributed by atoms with van der Waals surface area (Å²) in [6, 6.07) is 47.3. The number of alkyl halides is 3. The van der Waals surface area contributed by atoms with Gasteiger partial charge in [0.25, 0.3) is 0 Å². The molecule has 242 valence electrons. The van der Waals surface area contributed by atoms with E-state index in [-0.39, 0.29) is 5.82 Å². The Morgan fingerprint density at radius 2 is 0.843 bits per heavy atom. The van der Waals surface area contributed by atoms with Gasteiger partial charge in [-0.2, -0.15) is 13.2 Å². The third kappa shape index (κ3) is 4.37. The fourth-order valence-corrected chi connectivity index (χ4v) is 8.18. The van der Waals surface area contributed by atoms with Crippen LogP contribution in [0.2, 0.25) is 0 Å². The lowest BCUT2D eigenvalue weighted by Crippen LogP contribution is -2.07. The average molecular weight is 668 g/mol. The summed E-state index contributed by atoms with van der Waals surface area (Å²) >= 11 is 0. The van der Waals surface area contributed by atoms with E-state index in [1.807, 2.05) is 42.5 Å². The van der Waals surface area contributed by atoms with E-state index < -0.39 is 11.9 Å². The topological polar surface area (TPSA) is 12.9 Å². The predicted molar refractivity (Wildman–Crippen MR) is 202 cm³/mol. The summed E-state index contributed by atoms with van der Waals surface area (Å²) in [5.41, 5.74) is 4.78. The van der Waals surface area contributed by atoms with Gasteiger partial charge in [-0.15, -0.1) is 0 Å². The summed E-state index contributed by atoms with van der Waals surface area (Å²) < 4.78 is 55.0. The molecule has 0 saturated carbocycles. The predicted octanol–water partition coefficient (Wildman–Crippen LogP) is 13.6. The molecule has 0 N–H and O–H groups in total. The lowest BCUT2D eigenvalue weighted by molar-refractivity contribution is -0.141. The van der Waals surface area contributed by atoms with E-state index in [0.29, 0.717) is 10.9 Å². The zero-order valence-corrected chi connectivity index (χ0v) is 26.9. The van der Waals surface area contributed by atoms with Crippen molar-refractivity contribution in [1.29, 1.82) is 0 Å². The minimum atomic E-state index is -4.50. The molecule has 0 fully saturated rings. The van der Waals surface area contributed by atoms with Crippen molar-refractivity contribution in [3.05, 3.63) is 163 Å². The van der Waals surface area contributed by atoms with Gasteiger partial charge in [-0.3, -0.25) is 4.98 Å². The summed E-state index contributed by atoms with van der Waals surface area (Å²) in [6.45, 7) is 0. The lowest BCUT2D eigenvalue weighted by atomic mass is 9.82. The Kier molecular flexibility index (Phi) is 6.28. The molecule has 1 heterocycles. The highest BCUT2D eigenvalue weighted by Gasteiger charge is 2.32. The van der Waals surface area contributed by atoms with Crippen LogP contribution in [0.5, 0.6) is 0 Å². The highest BCUT2D eigenvalue weighted by molar-refractivity contribution is 6.31. The third-order valence-electron chi connectivity index (χ3n) is 10.4. The first-order chi connectivity index (χ1) is 24.9. The molecule has 0 aliphatic carbocycles. The smallest absolute Gasteiger partial charge is 0.251 e. The quantitative estimate of drug-likeness (QED) is 0.104. The molecule has 1 aromatic heterocycles. The van der Waals surface area contributed by atoms with Gasteiger partial charge >= 0.3 is 6.18 Å². The molecule has 0 unspecified atom stereocenters. The first-order valence-corrected chi connectivity index (χ1v) is 16.7. The fourth-order valence-electron chi connectivity index (χ4n) is 8.18. The number of hydrogen-bond donors (Lipinski definition) is 0. The monoisotopic (exact) mass is 667 g/mol. The Morgan fingerprint density at radius 3 is 1.37 bits per heavy atom. The van der Waals surface area contributed by atoms with E-state index in [1.165, 1.54) is 12.3 Å². The van der Waals surface area contributed by atoms with Gasteiger partial charge in [0.05, 0.1) is 0 Å². The van der Waals surface area contributed by atoms with Crippen LogP contribution in [0.3, 0.4) is 0 Å². The molecule has 0 spiro atoms. The first kappa shape index (κ1) is 29.6. The zero-order chi connectivity index (χ0) is 34.4. The van der Waals surface area contributed by atoms with Crippen LogP contribution in [-0.4, -0.2) is 4.98 Å². The van der Waals surface area contributed by atoms with Crippen molar-refractivity contribution in [2.45, 2.75) is 6.18 Å². The van der Waals surface area contributed by atoms with Gasteiger partial charge in [0.1, 0.15) is 11.5 Å². The van der Waals surface area contributed by atoms with Crippen LogP contribution in [0.25, 0.3) is 98.0 Å². The van der Waals surface area contributed by atoms with Crippen molar-refractivity contribution < 1.29 is 17.6 Å². The van der Waals surface area contributed by atoms with E-state index in [0.717, 1.165) is 93.1 Å². The van der Waals surface area contributed by atoms with E-state index >= 15 is 4.39 Å². The summed E-state index contributed by atoms with van der Waals surface area (Å²) in [5.74, 6) is -0.244. The second-order valence-corrected chi connectivity index (χ2v) is 13.1. The molecule has 0 bridgehead atoms. The lowest BCUT2D eigenvalue weighted by Gasteiger charge is -2.21. The van der Waals surface area contributed by atoms with Crippen molar-refractivity contribution in [3.8, 4) is 33.4 Å². The molecule has 0 aliphatic rings. The minimum absolute atomic E-state index is 0.244. The van der Waals surface area contributed by atoms with Crippen LogP contribution in [-0.2, 0) is 6.18 Å². The molecule has 0 amide bonds. The maximum atomic E-state index is 15.1. The van der Waals surface area contributed by atoms with Crippen molar-refractivity contribution in [2.75, 3.05) is 0 Å². The van der Waals surface area contributed by atoms with E-state index in [9.17, 15) is 13.2 Å². The second-order valence-electron chi connectivity index (χ2n) is 13.1. The molecule has 0 atom stereocenters. The Balaban J connectivity index is 1.28. The summed E-state index contributed by atoms with van der Waals surface area (Å²) in [6.07, 6.45) is -3.19. The van der Waals surface area contributed by atoms with Crippen molar-refractivity contribution in [2.24, 2.45) is 0 Å². The molecule has 0 radical (unpaired) electrons. The Bertz CT molecular complexity index is 2960. The normalized spacial score (nSPS) is 12.3. The van der Waals surface area contributed by atoms with Crippen molar-refractivity contribution in [1.82, 2.24) is 4.98 Å². The molecule has 51 heavy (non-hydrogen) atoms. The first-order valence-electron chi connectivity index (χ1n) is 16.7. The van der Waals surface area contributed by atoms with Gasteiger partial charge in [0.15, 0.2) is 0 Å². The molecule has 5 heteroatoms. The maximum Gasteiger partial charge on any atom is 0.433 e. The molecule has 10 rings (SSSR count). The molecule has 1 nitrogen and oxygen atoms in total. The standard InChI is InChI=1S/C46H25F4N/c47-40-23-22-37(30-7-1-2-8-31(30)40)44-32-9-3-5-11-34(32)45(35-12-6-4-10-33(35)44)39-21-16-27-14-19-36-29(28-17-24-41(51-25-28)46(48,49)50)18-13-26-15-20-38(39)43(27)42(26)36/h1-25H. The van der Waals surface area contributed by atoms with Crippen LogP contribution < -0.4 is 0 Å². The average Bonchev–Trinajstić information content (AvgIpc) is 3.16. The number of halogens is 4. The van der Waals surface area contributed by atoms with Crippen LogP contribution in [0, 0.1) is 5.82 Å². The van der Waals surface area contributed by atoms with E-state index in [4.69, 9.17) is 0 Å². The number of pyridine rings is 1. The molecule has 10 aromatic rings. The number of fused-ring (bicyclic) bond motifs is 3. The molecular formula is C46H25F4N. The Labute approximate surface area is 289 Å². The number of aromatic nitrogens is 1. The van der Waals surface area contributed by atoms with Gasteiger partial charge < -0.3 is 0 Å². The molecule has 9 aromatic carbocycles. The van der Waals surface area contributed by atoms with Gasteiger partial charge in [-0.1, -0.05) is 133 Å². The minimum Gasteiger partial charge on any atom is -0.251 e. The number of rotatable bonds is 3. The summed E-state index contributed by atoms with van der Waals surface area (Å²) in [5, 5.41) is 12.1. The van der Waals surface area contributed by atoms with Gasteiger partial charge in [-0.05, 0) is 99.2 Å². The summed E-state index contributed by atoms with van der Waals surface area (Å²) in [7, 11) is 0. The fraction of sp³-hybridized carbons (Fsp3) is 0.0217. The van der Waals surface area contributed by atoms with Gasteiger partial charge in [0, 0.05) is 17.1 Å². The van der Waals surface area contributed by atoms with Gasteiger partial charge in [-0.25, -0.2) is 4.39 Å². The third-order valence-corrected chi connectivity index (χ3v) is 10.4. The highest BCUT2D eigenvalue weighted by atomic mass is 19.4. The largest absolute Gasteiger partial charge is 0.433 e. The Morgan fingerprint density at radius 1 is 0.392 bits per heavy atom. The zero-order valence-electron chi connectivity index (χ0n) is 26.9. The Hall–Kier alpha value is -6.33. The molecule has 0 aliphatic heterocycles.